The van der Waals surface area contributed by atoms with Crippen molar-refractivity contribution in [1.82, 2.24) is 4.90 Å². The van der Waals surface area contributed by atoms with Gasteiger partial charge in [0.25, 0.3) is 0 Å². The van der Waals surface area contributed by atoms with Gasteiger partial charge in [0.2, 0.25) is 5.91 Å². The smallest absolute Gasteiger partial charge is 0.241 e. The van der Waals surface area contributed by atoms with E-state index in [0.29, 0.717) is 5.92 Å². The van der Waals surface area contributed by atoms with E-state index in [4.69, 9.17) is 15.2 Å². The van der Waals surface area contributed by atoms with Crippen LogP contribution in [0.3, 0.4) is 0 Å². The van der Waals surface area contributed by atoms with E-state index >= 15 is 0 Å². The van der Waals surface area contributed by atoms with Crippen molar-refractivity contribution in [2.45, 2.75) is 25.3 Å². The number of nitrogens with two attached hydrogens (primary N) is 1. The topological polar surface area (TPSA) is 64.8 Å². The highest BCUT2D eigenvalue weighted by molar-refractivity contribution is 5.85. The van der Waals surface area contributed by atoms with Crippen LogP contribution >= 0.6 is 12.4 Å². The highest BCUT2D eigenvalue weighted by Crippen LogP contribution is 2.26. The van der Waals surface area contributed by atoms with Crippen molar-refractivity contribution in [2.24, 2.45) is 11.7 Å². The Labute approximate surface area is 144 Å². The van der Waals surface area contributed by atoms with E-state index in [1.165, 1.54) is 5.56 Å². The second-order valence-corrected chi connectivity index (χ2v) is 5.85. The number of carbonyl (C=O) groups excluding carboxylic acids is 1. The molecule has 0 spiro atoms. The SMILES string of the molecule is COCC(N)C(=O)N1CCC(Cc2ccccc2OC)CC1.Cl. The van der Waals surface area contributed by atoms with Crippen molar-refractivity contribution in [3.63, 3.8) is 0 Å². The van der Waals surface area contributed by atoms with Gasteiger partial charge in [-0.05, 0) is 36.8 Å². The third-order valence-corrected chi connectivity index (χ3v) is 4.29. The monoisotopic (exact) mass is 342 g/mol. The van der Waals surface area contributed by atoms with Gasteiger partial charge < -0.3 is 20.1 Å². The van der Waals surface area contributed by atoms with Crippen LogP contribution in [-0.2, 0) is 16.0 Å². The lowest BCUT2D eigenvalue weighted by molar-refractivity contribution is -0.135. The number of methoxy groups -OCH3 is 2. The molecule has 130 valence electrons. The summed E-state index contributed by atoms with van der Waals surface area (Å²) in [5.74, 6) is 1.53. The summed E-state index contributed by atoms with van der Waals surface area (Å²) in [6, 6.07) is 7.60. The molecule has 6 heteroatoms. The van der Waals surface area contributed by atoms with Crippen molar-refractivity contribution in [1.29, 1.82) is 0 Å². The summed E-state index contributed by atoms with van der Waals surface area (Å²) in [5.41, 5.74) is 7.06. The van der Waals surface area contributed by atoms with Crippen molar-refractivity contribution >= 4 is 18.3 Å². The van der Waals surface area contributed by atoms with Gasteiger partial charge in [-0.3, -0.25) is 4.79 Å². The average Bonchev–Trinajstić information content (AvgIpc) is 2.55. The molecule has 0 radical (unpaired) electrons. The van der Waals surface area contributed by atoms with Gasteiger partial charge >= 0.3 is 0 Å². The molecule has 1 fully saturated rings. The van der Waals surface area contributed by atoms with Crippen LogP contribution in [0.1, 0.15) is 18.4 Å². The molecule has 0 aliphatic carbocycles. The molecule has 1 heterocycles. The molecule has 0 bridgehead atoms. The van der Waals surface area contributed by atoms with Gasteiger partial charge in [0.1, 0.15) is 11.8 Å². The Morgan fingerprint density at radius 3 is 2.57 bits per heavy atom. The summed E-state index contributed by atoms with van der Waals surface area (Å²) in [6.07, 6.45) is 3.00. The molecule has 1 atom stereocenters. The fourth-order valence-corrected chi connectivity index (χ4v) is 3.03. The van der Waals surface area contributed by atoms with Gasteiger partial charge in [-0.2, -0.15) is 0 Å². The van der Waals surface area contributed by atoms with E-state index < -0.39 is 6.04 Å². The summed E-state index contributed by atoms with van der Waals surface area (Å²) >= 11 is 0. The lowest BCUT2D eigenvalue weighted by Gasteiger charge is -2.33. The zero-order valence-electron chi connectivity index (χ0n) is 13.9. The Bertz CT molecular complexity index is 490. The number of carbonyl (C=O) groups is 1. The summed E-state index contributed by atoms with van der Waals surface area (Å²) in [4.78, 5) is 14.0. The second-order valence-electron chi connectivity index (χ2n) is 5.85. The molecule has 0 saturated carbocycles. The van der Waals surface area contributed by atoms with Crippen LogP contribution < -0.4 is 10.5 Å². The minimum absolute atomic E-state index is 0. The number of hydrogen-bond donors (Lipinski definition) is 1. The van der Waals surface area contributed by atoms with Gasteiger partial charge in [0.15, 0.2) is 0 Å². The van der Waals surface area contributed by atoms with E-state index in [-0.39, 0.29) is 24.9 Å². The highest BCUT2D eigenvalue weighted by atomic mass is 35.5. The van der Waals surface area contributed by atoms with Crippen LogP contribution in [0.15, 0.2) is 24.3 Å². The number of nitrogens with zero attached hydrogens (tertiary/aromatic N) is 1. The van der Waals surface area contributed by atoms with Crippen molar-refractivity contribution in [3.05, 3.63) is 29.8 Å². The molecule has 1 aromatic carbocycles. The molecule has 23 heavy (non-hydrogen) atoms. The zero-order chi connectivity index (χ0) is 15.9. The van der Waals surface area contributed by atoms with Gasteiger partial charge in [0.05, 0.1) is 13.7 Å². The first-order chi connectivity index (χ1) is 10.7. The quantitative estimate of drug-likeness (QED) is 0.857. The number of benzene rings is 1. The van der Waals surface area contributed by atoms with Crippen molar-refractivity contribution in [2.75, 3.05) is 33.9 Å². The first kappa shape index (κ1) is 19.7. The van der Waals surface area contributed by atoms with Crippen LogP contribution in [0.2, 0.25) is 0 Å². The second kappa shape index (κ2) is 9.75. The third kappa shape index (κ3) is 5.37. The Kier molecular flexibility index (Phi) is 8.37. The molecule has 1 aliphatic rings. The first-order valence-corrected chi connectivity index (χ1v) is 7.81. The number of rotatable bonds is 6. The van der Waals surface area contributed by atoms with Crippen LogP contribution in [0.25, 0.3) is 0 Å². The first-order valence-electron chi connectivity index (χ1n) is 7.81. The summed E-state index contributed by atoms with van der Waals surface area (Å²) in [5, 5.41) is 0. The number of para-hydroxylation sites is 1. The van der Waals surface area contributed by atoms with Crippen molar-refractivity contribution in [3.8, 4) is 5.75 Å². The maximum Gasteiger partial charge on any atom is 0.241 e. The zero-order valence-corrected chi connectivity index (χ0v) is 14.7. The van der Waals surface area contributed by atoms with Gasteiger partial charge in [-0.25, -0.2) is 0 Å². The number of piperidine rings is 1. The third-order valence-electron chi connectivity index (χ3n) is 4.29. The summed E-state index contributed by atoms with van der Waals surface area (Å²) < 4.78 is 10.4. The van der Waals surface area contributed by atoms with E-state index in [9.17, 15) is 4.79 Å². The molecule has 1 unspecified atom stereocenters. The molecule has 5 nitrogen and oxygen atoms in total. The normalized spacial score (nSPS) is 16.6. The molecule has 1 amide bonds. The van der Waals surface area contributed by atoms with Crippen molar-refractivity contribution < 1.29 is 14.3 Å². The predicted molar refractivity (Wildman–Crippen MR) is 93.1 cm³/mol. The number of hydrogen-bond acceptors (Lipinski definition) is 4. The lowest BCUT2D eigenvalue weighted by atomic mass is 9.89. The minimum Gasteiger partial charge on any atom is -0.496 e. The van der Waals surface area contributed by atoms with Crippen LogP contribution in [0, 0.1) is 5.92 Å². The lowest BCUT2D eigenvalue weighted by Crippen LogP contribution is -2.49. The average molecular weight is 343 g/mol. The number of ether oxygens (including phenoxy) is 2. The number of halogens is 1. The molecule has 2 rings (SSSR count). The maximum atomic E-state index is 12.2. The van der Waals surface area contributed by atoms with Gasteiger partial charge in [0, 0.05) is 20.2 Å². The Balaban J connectivity index is 0.00000264. The fraction of sp³-hybridized carbons (Fsp3) is 0.588. The fourth-order valence-electron chi connectivity index (χ4n) is 3.03. The van der Waals surface area contributed by atoms with E-state index in [2.05, 4.69) is 6.07 Å². The highest BCUT2D eigenvalue weighted by Gasteiger charge is 2.26. The Morgan fingerprint density at radius 2 is 1.96 bits per heavy atom. The largest absolute Gasteiger partial charge is 0.496 e. The van der Waals surface area contributed by atoms with Gasteiger partial charge in [-0.1, -0.05) is 18.2 Å². The molecular weight excluding hydrogens is 316 g/mol. The number of likely N-dealkylation sites (tertiary alicyclic amines) is 1. The van der Waals surface area contributed by atoms with E-state index in [1.54, 1.807) is 14.2 Å². The van der Waals surface area contributed by atoms with E-state index in [0.717, 1.165) is 38.1 Å². The minimum atomic E-state index is -0.546. The molecule has 1 aliphatic heterocycles. The summed E-state index contributed by atoms with van der Waals surface area (Å²) in [6.45, 7) is 1.83. The predicted octanol–water partition coefficient (Wildman–Crippen LogP) is 1.87. The van der Waals surface area contributed by atoms with Crippen LogP contribution in [0.4, 0.5) is 0 Å². The van der Waals surface area contributed by atoms with E-state index in [1.807, 2.05) is 23.1 Å². The molecular formula is C17H27ClN2O3. The standard InChI is InChI=1S/C17H26N2O3.ClH/c1-21-12-15(18)17(20)19-9-7-13(8-10-19)11-14-5-3-4-6-16(14)22-2;/h3-6,13,15H,7-12,18H2,1-2H3;1H. The van der Waals surface area contributed by atoms with Crippen LogP contribution in [0.5, 0.6) is 5.75 Å². The molecule has 1 aromatic rings. The van der Waals surface area contributed by atoms with Crippen LogP contribution in [-0.4, -0.2) is 50.8 Å². The molecule has 2 N–H and O–H groups in total. The Hall–Kier alpha value is -1.30. The summed E-state index contributed by atoms with van der Waals surface area (Å²) in [7, 11) is 3.27. The van der Waals surface area contributed by atoms with Gasteiger partial charge in [-0.15, -0.1) is 12.4 Å². The molecule has 1 saturated heterocycles. The number of amides is 1. The molecule has 0 aromatic heterocycles. The maximum absolute atomic E-state index is 12.2. The Morgan fingerprint density at radius 1 is 1.30 bits per heavy atom.